The van der Waals surface area contributed by atoms with Crippen LogP contribution in [0.25, 0.3) is 22.8 Å². The van der Waals surface area contributed by atoms with Gasteiger partial charge in [0.1, 0.15) is 5.70 Å². The Kier molecular flexibility index (Phi) is 3.48. The summed E-state index contributed by atoms with van der Waals surface area (Å²) < 4.78 is 0. The average Bonchev–Trinajstić information content (AvgIpc) is 2.67. The van der Waals surface area contributed by atoms with Gasteiger partial charge < -0.3 is 0 Å². The van der Waals surface area contributed by atoms with Crippen molar-refractivity contribution < 1.29 is 9.59 Å². The number of allylic oxidation sites excluding steroid dienone is 2. The molecule has 0 unspecified atom stereocenters. The van der Waals surface area contributed by atoms with Gasteiger partial charge in [-0.05, 0) is 51.6 Å². The molecule has 122 valence electrons. The molecule has 0 fully saturated rings. The van der Waals surface area contributed by atoms with Crippen molar-refractivity contribution in [1.29, 1.82) is 10.9 Å². The highest BCUT2D eigenvalue weighted by Crippen LogP contribution is 2.13. The van der Waals surface area contributed by atoms with E-state index in [1.807, 2.05) is 18.2 Å². The summed E-state index contributed by atoms with van der Waals surface area (Å²) in [5.74, 6) is -0.627. The van der Waals surface area contributed by atoms with E-state index in [0.29, 0.717) is 10.8 Å². The van der Waals surface area contributed by atoms with Crippen LogP contribution in [0.15, 0.2) is 59.4 Å². The molecule has 0 saturated heterocycles. The third-order valence-corrected chi connectivity index (χ3v) is 4.48. The van der Waals surface area contributed by atoms with Gasteiger partial charge in [-0.1, -0.05) is 30.3 Å². The molecule has 0 spiro atoms. The molecule has 2 aromatic carbocycles. The fourth-order valence-corrected chi connectivity index (χ4v) is 3.22. The Morgan fingerprint density at radius 2 is 1.85 bits per heavy atom. The number of carbonyl (C=O) groups excluding carboxylic acids is 2. The van der Waals surface area contributed by atoms with Gasteiger partial charge in [-0.3, -0.25) is 9.59 Å². The van der Waals surface area contributed by atoms with Crippen molar-refractivity contribution in [3.63, 3.8) is 0 Å². The van der Waals surface area contributed by atoms with E-state index >= 15 is 0 Å². The van der Waals surface area contributed by atoms with E-state index in [0.717, 1.165) is 21.2 Å². The molecule has 1 N–H and O–H groups in total. The van der Waals surface area contributed by atoms with Crippen LogP contribution in [0.1, 0.15) is 15.9 Å². The quantitative estimate of drug-likeness (QED) is 0.638. The van der Waals surface area contributed by atoms with Crippen molar-refractivity contribution in [2.24, 2.45) is 5.11 Å². The Labute approximate surface area is 146 Å². The number of diazo groups is 1. The van der Waals surface area contributed by atoms with Gasteiger partial charge in [-0.2, -0.15) is 5.11 Å². The van der Waals surface area contributed by atoms with E-state index in [-0.39, 0.29) is 23.0 Å². The van der Waals surface area contributed by atoms with E-state index in [2.05, 4.69) is 10.1 Å². The maximum atomic E-state index is 12.4. The molecule has 6 heteroatoms. The SMILES string of the molecule is N#[N+]C1=c2cc/c(=c3/cccc4c3=CC=C(N=N)C4=O)cc2C=CC1=O. The highest BCUT2D eigenvalue weighted by molar-refractivity contribution is 6.25. The molecule has 0 saturated carbocycles. The number of nitrogens with one attached hydrogen (secondary N) is 1. The molecular weight excluding hydrogens is 328 g/mol. The molecule has 26 heavy (non-hydrogen) atoms. The van der Waals surface area contributed by atoms with Crippen LogP contribution in [0.4, 0.5) is 0 Å². The standard InChI is InChI=1S/C20H11N4O2/c21-23-17-8-7-15-13(2-1-3-16(15)20(17)26)11-4-6-14-12(10-11)5-9-18(25)19(14)24-22/h1-10,21H/q+1/b13-11+,23-21?. The Balaban J connectivity index is 2.14. The van der Waals surface area contributed by atoms with E-state index in [9.17, 15) is 9.59 Å². The molecular formula is C20H11N4O2+. The number of nitrogens with zero attached hydrogens (tertiary/aromatic N) is 3. The highest BCUT2D eigenvalue weighted by atomic mass is 16.1. The molecule has 4 rings (SSSR count). The number of Topliss-reactive ketones (excluding diaryl/α,β-unsaturated/α-hetero) is 1. The summed E-state index contributed by atoms with van der Waals surface area (Å²) >= 11 is 0. The minimum absolute atomic E-state index is 0.00973. The molecule has 0 aromatic heterocycles. The van der Waals surface area contributed by atoms with Gasteiger partial charge in [0, 0.05) is 5.56 Å². The number of fused-ring (bicyclic) bond motifs is 2. The first-order valence-corrected chi connectivity index (χ1v) is 7.83. The van der Waals surface area contributed by atoms with E-state index in [1.165, 1.54) is 12.2 Å². The highest BCUT2D eigenvalue weighted by Gasteiger charge is 2.25. The van der Waals surface area contributed by atoms with Crippen LogP contribution in [-0.4, -0.2) is 11.6 Å². The number of carbonyl (C=O) groups is 2. The number of ketones is 2. The summed E-state index contributed by atoms with van der Waals surface area (Å²) in [6.07, 6.45) is 6.35. The molecule has 2 aliphatic carbocycles. The van der Waals surface area contributed by atoms with Crippen molar-refractivity contribution in [1.82, 2.24) is 0 Å². The maximum absolute atomic E-state index is 12.4. The predicted octanol–water partition coefficient (Wildman–Crippen LogP) is 2.42. The Hall–Kier alpha value is -3.98. The second-order valence-corrected chi connectivity index (χ2v) is 5.87. The van der Waals surface area contributed by atoms with Gasteiger partial charge in [0.15, 0.2) is 4.98 Å². The first-order valence-electron chi connectivity index (χ1n) is 7.83. The number of hydrogen-bond donors (Lipinski definition) is 1. The van der Waals surface area contributed by atoms with Crippen molar-refractivity contribution in [3.8, 4) is 0 Å². The van der Waals surface area contributed by atoms with Gasteiger partial charge in [0.25, 0.3) is 5.78 Å². The van der Waals surface area contributed by atoms with Crippen molar-refractivity contribution in [3.05, 3.63) is 91.2 Å². The van der Waals surface area contributed by atoms with E-state index in [4.69, 9.17) is 10.9 Å². The minimum Gasteiger partial charge on any atom is -0.287 e. The lowest BCUT2D eigenvalue weighted by Gasteiger charge is -2.07. The summed E-state index contributed by atoms with van der Waals surface area (Å²) in [4.78, 5) is 27.3. The molecule has 0 bridgehead atoms. The molecule has 0 radical (unpaired) electrons. The van der Waals surface area contributed by atoms with E-state index in [1.54, 1.807) is 30.4 Å². The van der Waals surface area contributed by atoms with Crippen LogP contribution < -0.4 is 10.4 Å². The lowest BCUT2D eigenvalue weighted by Crippen LogP contribution is -2.21. The predicted molar refractivity (Wildman–Crippen MR) is 94.4 cm³/mol. The fourth-order valence-electron chi connectivity index (χ4n) is 3.22. The van der Waals surface area contributed by atoms with Crippen LogP contribution in [0.2, 0.25) is 0 Å². The minimum atomic E-state index is -0.347. The van der Waals surface area contributed by atoms with Gasteiger partial charge in [0.2, 0.25) is 11.2 Å². The maximum Gasteiger partial charge on any atom is 0.439 e. The summed E-state index contributed by atoms with van der Waals surface area (Å²) in [6.45, 7) is 0. The normalized spacial score (nSPS) is 16.1. The Bertz CT molecular complexity index is 1340. The molecule has 2 aliphatic rings. The summed E-state index contributed by atoms with van der Waals surface area (Å²) in [5.41, 5.74) is 8.46. The summed E-state index contributed by atoms with van der Waals surface area (Å²) in [6, 6.07) is 10.8. The van der Waals surface area contributed by atoms with Gasteiger partial charge in [-0.25, -0.2) is 5.53 Å². The third kappa shape index (κ3) is 2.23. The summed E-state index contributed by atoms with van der Waals surface area (Å²) in [7, 11) is 0. The van der Waals surface area contributed by atoms with Crippen LogP contribution >= 0.6 is 0 Å². The molecule has 0 aliphatic heterocycles. The second kappa shape index (κ2) is 5.83. The lowest BCUT2D eigenvalue weighted by atomic mass is 9.97. The first kappa shape index (κ1) is 15.5. The zero-order valence-electron chi connectivity index (χ0n) is 13.4. The second-order valence-electron chi connectivity index (χ2n) is 5.87. The molecule has 0 amide bonds. The smallest absolute Gasteiger partial charge is 0.287 e. The van der Waals surface area contributed by atoms with Gasteiger partial charge >= 0.3 is 5.70 Å². The van der Waals surface area contributed by atoms with Crippen molar-refractivity contribution >= 4 is 29.4 Å². The van der Waals surface area contributed by atoms with Crippen LogP contribution in [0, 0.1) is 21.4 Å². The van der Waals surface area contributed by atoms with Crippen molar-refractivity contribution in [2.75, 3.05) is 0 Å². The number of rotatable bonds is 1. The number of hydrogen-bond acceptors (Lipinski definition) is 5. The van der Waals surface area contributed by atoms with Crippen LogP contribution in [-0.2, 0) is 4.79 Å². The van der Waals surface area contributed by atoms with Gasteiger partial charge in [0.05, 0.1) is 5.22 Å². The molecule has 2 aromatic rings. The topological polar surface area (TPSA) is 98.5 Å². The largest absolute Gasteiger partial charge is 0.439 e. The number of benzene rings is 2. The van der Waals surface area contributed by atoms with Crippen LogP contribution in [0.3, 0.4) is 0 Å². The van der Waals surface area contributed by atoms with Crippen molar-refractivity contribution in [2.45, 2.75) is 0 Å². The summed E-state index contributed by atoms with van der Waals surface area (Å²) in [5, 5.41) is 15.4. The lowest BCUT2D eigenvalue weighted by molar-refractivity contribution is -0.109. The van der Waals surface area contributed by atoms with E-state index < -0.39 is 0 Å². The zero-order chi connectivity index (χ0) is 18.3. The Morgan fingerprint density at radius 3 is 2.62 bits per heavy atom. The third-order valence-electron chi connectivity index (χ3n) is 4.48. The van der Waals surface area contributed by atoms with Crippen LogP contribution in [0.5, 0.6) is 0 Å². The first-order chi connectivity index (χ1) is 12.6. The fraction of sp³-hybridized carbons (Fsp3) is 0. The monoisotopic (exact) mass is 339 g/mol. The van der Waals surface area contributed by atoms with Gasteiger partial charge in [-0.15, -0.1) is 0 Å². The molecule has 0 atom stereocenters. The Morgan fingerprint density at radius 1 is 1.00 bits per heavy atom. The molecule has 6 nitrogen and oxygen atoms in total. The average molecular weight is 339 g/mol. The zero-order valence-corrected chi connectivity index (χ0v) is 13.4. The molecule has 0 heterocycles.